The van der Waals surface area contributed by atoms with Crippen LogP contribution in [0.4, 0.5) is 8.78 Å². The molecule has 1 N–H and O–H groups in total. The van der Waals surface area contributed by atoms with Crippen molar-refractivity contribution >= 4 is 17.5 Å². The summed E-state index contributed by atoms with van der Waals surface area (Å²) in [6.07, 6.45) is 1.50. The number of hydrogen-bond acceptors (Lipinski definition) is 3. The highest BCUT2D eigenvalue weighted by molar-refractivity contribution is 6.30. The Labute approximate surface area is 162 Å². The quantitative estimate of drug-likeness (QED) is 0.832. The summed E-state index contributed by atoms with van der Waals surface area (Å²) < 4.78 is 32.6. The summed E-state index contributed by atoms with van der Waals surface area (Å²) in [5.74, 6) is -1.20. The Hall–Kier alpha value is -2.18. The van der Waals surface area contributed by atoms with E-state index in [4.69, 9.17) is 16.3 Å². The van der Waals surface area contributed by atoms with E-state index in [0.717, 1.165) is 37.6 Å². The molecule has 0 bridgehead atoms. The van der Waals surface area contributed by atoms with E-state index in [-0.39, 0.29) is 28.2 Å². The molecule has 1 saturated heterocycles. The largest absolute Gasteiger partial charge is 0.494 e. The third-order valence-corrected chi connectivity index (χ3v) is 4.96. The van der Waals surface area contributed by atoms with Crippen LogP contribution in [0.25, 0.3) is 0 Å². The smallest absolute Gasteiger partial charge is 0.254 e. The Kier molecular flexibility index (Phi) is 6.29. The molecule has 1 fully saturated rings. The second-order valence-electron chi connectivity index (χ2n) is 6.62. The molecule has 4 nitrogen and oxygen atoms in total. The van der Waals surface area contributed by atoms with Gasteiger partial charge >= 0.3 is 0 Å². The van der Waals surface area contributed by atoms with Crippen molar-refractivity contribution in [2.24, 2.45) is 0 Å². The maximum absolute atomic E-state index is 13.9. The van der Waals surface area contributed by atoms with E-state index in [1.54, 1.807) is 6.07 Å². The average molecular weight is 395 g/mol. The highest BCUT2D eigenvalue weighted by atomic mass is 35.5. The summed E-state index contributed by atoms with van der Waals surface area (Å²) in [6.45, 7) is 2.16. The lowest BCUT2D eigenvalue weighted by atomic mass is 10.0. The minimum absolute atomic E-state index is 0.00413. The van der Waals surface area contributed by atoms with Gasteiger partial charge < -0.3 is 10.1 Å². The monoisotopic (exact) mass is 394 g/mol. The van der Waals surface area contributed by atoms with E-state index in [0.29, 0.717) is 6.54 Å². The lowest BCUT2D eigenvalue weighted by Gasteiger charge is -2.32. The first-order valence-corrected chi connectivity index (χ1v) is 9.14. The van der Waals surface area contributed by atoms with Crippen LogP contribution in [0, 0.1) is 11.6 Å². The molecule has 2 aromatic carbocycles. The lowest BCUT2D eigenvalue weighted by Crippen LogP contribution is -2.44. The molecule has 0 spiro atoms. The second-order valence-corrected chi connectivity index (χ2v) is 7.05. The highest BCUT2D eigenvalue weighted by Gasteiger charge is 2.22. The number of nitrogens with zero attached hydrogens (tertiary/aromatic N) is 1. The van der Waals surface area contributed by atoms with Crippen LogP contribution in [0.3, 0.4) is 0 Å². The molecule has 144 valence electrons. The number of halogens is 3. The van der Waals surface area contributed by atoms with E-state index in [1.165, 1.54) is 25.3 Å². The third-order valence-electron chi connectivity index (χ3n) is 4.72. The summed E-state index contributed by atoms with van der Waals surface area (Å²) in [4.78, 5) is 14.5. The number of nitrogens with one attached hydrogen (secondary N) is 1. The van der Waals surface area contributed by atoms with Crippen molar-refractivity contribution in [1.82, 2.24) is 10.2 Å². The van der Waals surface area contributed by atoms with Crippen molar-refractivity contribution in [2.45, 2.75) is 25.4 Å². The van der Waals surface area contributed by atoms with Gasteiger partial charge in [0.15, 0.2) is 11.6 Å². The van der Waals surface area contributed by atoms with Crippen molar-refractivity contribution in [2.75, 3.05) is 20.2 Å². The summed E-state index contributed by atoms with van der Waals surface area (Å²) >= 11 is 5.72. The second kappa shape index (κ2) is 8.67. The number of piperidine rings is 1. The molecule has 3 rings (SSSR count). The number of ether oxygens (including phenoxy) is 1. The molecule has 1 heterocycles. The van der Waals surface area contributed by atoms with E-state index in [1.807, 2.05) is 6.07 Å². The number of likely N-dealkylation sites (tertiary alicyclic amines) is 1. The average Bonchev–Trinajstić information content (AvgIpc) is 2.63. The molecule has 1 amide bonds. The molecule has 27 heavy (non-hydrogen) atoms. The lowest BCUT2D eigenvalue weighted by molar-refractivity contribution is 0.0905. The van der Waals surface area contributed by atoms with Gasteiger partial charge in [0.2, 0.25) is 0 Å². The van der Waals surface area contributed by atoms with Crippen molar-refractivity contribution in [3.05, 3.63) is 64.2 Å². The van der Waals surface area contributed by atoms with Crippen LogP contribution in [0.15, 0.2) is 36.4 Å². The van der Waals surface area contributed by atoms with Gasteiger partial charge in [0, 0.05) is 30.7 Å². The molecule has 0 aromatic heterocycles. The Morgan fingerprint density at radius 2 is 1.93 bits per heavy atom. The molecule has 0 saturated carbocycles. The van der Waals surface area contributed by atoms with E-state index < -0.39 is 11.7 Å². The zero-order chi connectivity index (χ0) is 19.4. The van der Waals surface area contributed by atoms with Gasteiger partial charge in [-0.25, -0.2) is 8.78 Å². The third kappa shape index (κ3) is 4.96. The first kappa shape index (κ1) is 19.6. The van der Waals surface area contributed by atoms with Crippen molar-refractivity contribution < 1.29 is 18.3 Å². The molecule has 0 aliphatic carbocycles. The minimum Gasteiger partial charge on any atom is -0.494 e. The Morgan fingerprint density at radius 1 is 1.19 bits per heavy atom. The first-order chi connectivity index (χ1) is 13.0. The number of benzene rings is 2. The number of amides is 1. The number of carbonyl (C=O) groups excluding carboxylic acids is 1. The molecule has 1 aliphatic heterocycles. The van der Waals surface area contributed by atoms with Crippen molar-refractivity contribution in [3.8, 4) is 5.75 Å². The van der Waals surface area contributed by atoms with Crippen LogP contribution < -0.4 is 10.1 Å². The van der Waals surface area contributed by atoms with E-state index in [9.17, 15) is 13.6 Å². The van der Waals surface area contributed by atoms with Gasteiger partial charge in [-0.3, -0.25) is 9.69 Å². The fourth-order valence-corrected chi connectivity index (χ4v) is 3.40. The summed E-state index contributed by atoms with van der Waals surface area (Å²) in [7, 11) is 1.44. The predicted molar refractivity (Wildman–Crippen MR) is 100 cm³/mol. The van der Waals surface area contributed by atoms with E-state index >= 15 is 0 Å². The first-order valence-electron chi connectivity index (χ1n) is 8.77. The molecule has 7 heteroatoms. The molecular weight excluding hydrogens is 374 g/mol. The summed E-state index contributed by atoms with van der Waals surface area (Å²) in [5.41, 5.74) is 0.870. The fourth-order valence-electron chi connectivity index (χ4n) is 3.24. The minimum atomic E-state index is -0.626. The van der Waals surface area contributed by atoms with Gasteiger partial charge in [0.25, 0.3) is 5.91 Å². The van der Waals surface area contributed by atoms with Crippen molar-refractivity contribution in [1.29, 1.82) is 0 Å². The van der Waals surface area contributed by atoms with Gasteiger partial charge in [0.1, 0.15) is 5.82 Å². The van der Waals surface area contributed by atoms with Crippen LogP contribution in [0.2, 0.25) is 5.02 Å². The Bertz CT molecular complexity index is 824. The predicted octanol–water partition coefficient (Wildman–Crippen LogP) is 4.02. The summed E-state index contributed by atoms with van der Waals surface area (Å²) in [6, 6.07) is 8.95. The van der Waals surface area contributed by atoms with Gasteiger partial charge in [-0.15, -0.1) is 0 Å². The van der Waals surface area contributed by atoms with Crippen molar-refractivity contribution in [3.63, 3.8) is 0 Å². The zero-order valence-corrected chi connectivity index (χ0v) is 15.7. The van der Waals surface area contributed by atoms with Gasteiger partial charge in [-0.2, -0.15) is 0 Å². The normalized spacial score (nSPS) is 15.6. The Balaban J connectivity index is 1.51. The number of rotatable bonds is 5. The molecule has 0 radical (unpaired) electrons. The highest BCUT2D eigenvalue weighted by Crippen LogP contribution is 2.21. The van der Waals surface area contributed by atoms with Gasteiger partial charge in [-0.05, 0) is 48.7 Å². The van der Waals surface area contributed by atoms with Crippen LogP contribution in [0.5, 0.6) is 5.75 Å². The number of methoxy groups -OCH3 is 1. The maximum atomic E-state index is 13.9. The SMILES string of the molecule is COc1ccc(CN2CCC(NC(=O)c3ccc(Cl)cc3F)CC2)cc1F. The molecule has 0 unspecified atom stereocenters. The molecule has 2 aromatic rings. The fraction of sp³-hybridized carbons (Fsp3) is 0.350. The van der Waals surface area contributed by atoms with Gasteiger partial charge in [-0.1, -0.05) is 17.7 Å². The van der Waals surface area contributed by atoms with Crippen LogP contribution in [0.1, 0.15) is 28.8 Å². The van der Waals surface area contributed by atoms with E-state index in [2.05, 4.69) is 10.2 Å². The standard InChI is InChI=1S/C20H21ClF2N2O2/c1-27-19-5-2-13(10-18(19)23)12-25-8-6-15(7-9-25)24-20(26)16-4-3-14(21)11-17(16)22/h2-5,10-11,15H,6-9,12H2,1H3,(H,24,26). The molecule has 1 aliphatic rings. The Morgan fingerprint density at radius 3 is 2.56 bits per heavy atom. The maximum Gasteiger partial charge on any atom is 0.254 e. The van der Waals surface area contributed by atoms with Crippen LogP contribution in [-0.4, -0.2) is 37.0 Å². The van der Waals surface area contributed by atoms with Crippen LogP contribution >= 0.6 is 11.6 Å². The molecular formula is C20H21ClF2N2O2. The zero-order valence-electron chi connectivity index (χ0n) is 15.0. The molecule has 0 atom stereocenters. The number of hydrogen-bond donors (Lipinski definition) is 1. The summed E-state index contributed by atoms with van der Waals surface area (Å²) in [5, 5.41) is 3.14. The topological polar surface area (TPSA) is 41.6 Å². The number of carbonyl (C=O) groups is 1. The van der Waals surface area contributed by atoms with Gasteiger partial charge in [0.05, 0.1) is 12.7 Å². The van der Waals surface area contributed by atoms with Crippen LogP contribution in [-0.2, 0) is 6.54 Å².